The number of hydrogen-bond acceptors (Lipinski definition) is 5. The van der Waals surface area contributed by atoms with Crippen LogP contribution in [0.3, 0.4) is 0 Å². The number of aromatic nitrogens is 2. The van der Waals surface area contributed by atoms with E-state index in [-0.39, 0.29) is 17.6 Å². The fourth-order valence-corrected chi connectivity index (χ4v) is 1.84. The summed E-state index contributed by atoms with van der Waals surface area (Å²) in [7, 11) is 1.61. The van der Waals surface area contributed by atoms with Gasteiger partial charge in [-0.15, -0.1) is 0 Å². The molecule has 0 bridgehead atoms. The lowest BCUT2D eigenvalue weighted by Crippen LogP contribution is -2.32. The molecule has 1 unspecified atom stereocenters. The van der Waals surface area contributed by atoms with Gasteiger partial charge in [0.2, 0.25) is 11.6 Å². The van der Waals surface area contributed by atoms with E-state index in [2.05, 4.69) is 10.3 Å². The smallest absolute Gasteiger partial charge is 0.406 e. The van der Waals surface area contributed by atoms with Gasteiger partial charge in [0, 0.05) is 14.0 Å². The summed E-state index contributed by atoms with van der Waals surface area (Å²) >= 11 is 0. The second-order valence-electron chi connectivity index (χ2n) is 4.45. The van der Waals surface area contributed by atoms with E-state index in [1.54, 1.807) is 14.0 Å². The molecule has 0 aromatic carbocycles. The highest BCUT2D eigenvalue weighted by Crippen LogP contribution is 2.36. The highest BCUT2D eigenvalue weighted by atomic mass is 16.6. The van der Waals surface area contributed by atoms with Crippen LogP contribution in [0.5, 0.6) is 0 Å². The van der Waals surface area contributed by atoms with Crippen molar-refractivity contribution < 1.29 is 14.8 Å². The number of carbonyl (C=O) groups is 1. The quantitative estimate of drug-likeness (QED) is 0.597. The van der Waals surface area contributed by atoms with Crippen molar-refractivity contribution in [1.82, 2.24) is 9.55 Å². The Hall–Kier alpha value is -2.12. The molecule has 1 heterocycles. The zero-order valence-corrected chi connectivity index (χ0v) is 10.1. The third-order valence-electron chi connectivity index (χ3n) is 3.12. The number of nitrogens with zero attached hydrogens (tertiary/aromatic N) is 3. The summed E-state index contributed by atoms with van der Waals surface area (Å²) in [6, 6.07) is -0.793. The third kappa shape index (κ3) is 2.13. The molecule has 1 atom stereocenters. The highest BCUT2D eigenvalue weighted by Gasteiger charge is 2.38. The number of hydrogen-bond donors (Lipinski definition) is 2. The minimum absolute atomic E-state index is 0.0392. The average molecular weight is 254 g/mol. The van der Waals surface area contributed by atoms with Gasteiger partial charge in [-0.05, 0) is 28.7 Å². The van der Waals surface area contributed by atoms with Crippen LogP contribution >= 0.6 is 0 Å². The fraction of sp³-hybridized carbons (Fsp3) is 0.600. The lowest BCUT2D eigenvalue weighted by molar-refractivity contribution is -0.388. The summed E-state index contributed by atoms with van der Waals surface area (Å²) in [5.41, 5.74) is 0. The molecule has 0 saturated heterocycles. The van der Waals surface area contributed by atoms with Crippen LogP contribution in [0.15, 0.2) is 0 Å². The van der Waals surface area contributed by atoms with E-state index >= 15 is 0 Å². The molecule has 18 heavy (non-hydrogen) atoms. The van der Waals surface area contributed by atoms with Crippen molar-refractivity contribution in [1.29, 1.82) is 0 Å². The van der Waals surface area contributed by atoms with Gasteiger partial charge in [0.1, 0.15) is 6.04 Å². The van der Waals surface area contributed by atoms with Crippen LogP contribution in [-0.4, -0.2) is 31.6 Å². The number of nitro groups is 1. The largest absolute Gasteiger partial charge is 0.480 e. The van der Waals surface area contributed by atoms with Crippen LogP contribution in [-0.2, 0) is 11.8 Å². The number of rotatable bonds is 5. The van der Waals surface area contributed by atoms with Gasteiger partial charge in [0.15, 0.2) is 0 Å². The van der Waals surface area contributed by atoms with Crippen LogP contribution in [0.2, 0.25) is 0 Å². The molecule has 8 nitrogen and oxygen atoms in total. The Bertz CT molecular complexity index is 506. The van der Waals surface area contributed by atoms with Crippen molar-refractivity contribution in [2.75, 3.05) is 5.32 Å². The van der Waals surface area contributed by atoms with Crippen LogP contribution in [0.1, 0.15) is 18.7 Å². The fourth-order valence-electron chi connectivity index (χ4n) is 1.84. The Labute approximate surface area is 103 Å². The average Bonchev–Trinajstić information content (AvgIpc) is 3.06. The molecule has 1 aliphatic rings. The molecule has 98 valence electrons. The Morgan fingerprint density at radius 3 is 2.72 bits per heavy atom. The molecule has 8 heteroatoms. The zero-order chi connectivity index (χ0) is 13.4. The van der Waals surface area contributed by atoms with Crippen molar-refractivity contribution in [2.24, 2.45) is 13.0 Å². The molecular weight excluding hydrogens is 240 g/mol. The number of carboxylic acid groups (broad SMARTS) is 1. The van der Waals surface area contributed by atoms with Crippen molar-refractivity contribution >= 4 is 17.6 Å². The number of aliphatic carboxylic acids is 1. The maximum absolute atomic E-state index is 11.1. The maximum Gasteiger partial charge on any atom is 0.406 e. The molecule has 1 saturated carbocycles. The molecular formula is C10H14N4O4. The first kappa shape index (κ1) is 12.3. The minimum Gasteiger partial charge on any atom is -0.480 e. The molecule has 1 aliphatic carbocycles. The predicted molar refractivity (Wildman–Crippen MR) is 62.4 cm³/mol. The number of anilines is 1. The zero-order valence-electron chi connectivity index (χ0n) is 10.1. The molecule has 1 aromatic rings. The van der Waals surface area contributed by atoms with Crippen molar-refractivity contribution in [3.63, 3.8) is 0 Å². The third-order valence-corrected chi connectivity index (χ3v) is 3.12. The monoisotopic (exact) mass is 254 g/mol. The van der Waals surface area contributed by atoms with Gasteiger partial charge in [0.25, 0.3) is 0 Å². The first-order valence-corrected chi connectivity index (χ1v) is 5.59. The number of nitrogens with one attached hydrogen (secondary N) is 1. The van der Waals surface area contributed by atoms with Crippen molar-refractivity contribution in [3.8, 4) is 0 Å². The van der Waals surface area contributed by atoms with Crippen molar-refractivity contribution in [2.45, 2.75) is 25.8 Å². The van der Waals surface area contributed by atoms with E-state index in [9.17, 15) is 14.9 Å². The Morgan fingerprint density at radius 2 is 2.28 bits per heavy atom. The second-order valence-corrected chi connectivity index (χ2v) is 4.45. The van der Waals surface area contributed by atoms with Crippen LogP contribution in [0.4, 0.5) is 11.6 Å². The van der Waals surface area contributed by atoms with Crippen LogP contribution in [0.25, 0.3) is 0 Å². The van der Waals surface area contributed by atoms with Gasteiger partial charge < -0.3 is 20.5 Å². The Morgan fingerprint density at radius 1 is 1.67 bits per heavy atom. The van der Waals surface area contributed by atoms with Crippen molar-refractivity contribution in [3.05, 3.63) is 15.9 Å². The maximum atomic E-state index is 11.1. The molecule has 0 aliphatic heterocycles. The molecule has 0 spiro atoms. The first-order chi connectivity index (χ1) is 8.41. The standard InChI is InChI=1S/C10H14N4O4/c1-5-11-9(14(17)18)8(13(5)2)12-7(10(15)16)6-3-4-6/h6-7,12H,3-4H2,1-2H3,(H,15,16). The molecule has 0 amide bonds. The normalized spacial score (nSPS) is 16.3. The van der Waals surface area contributed by atoms with Gasteiger partial charge >= 0.3 is 11.8 Å². The predicted octanol–water partition coefficient (Wildman–Crippen LogP) is 0.912. The highest BCUT2D eigenvalue weighted by molar-refractivity contribution is 5.78. The minimum atomic E-state index is -0.995. The second kappa shape index (κ2) is 4.28. The summed E-state index contributed by atoms with van der Waals surface area (Å²) in [4.78, 5) is 25.2. The van der Waals surface area contributed by atoms with E-state index in [1.165, 1.54) is 4.57 Å². The SMILES string of the molecule is Cc1nc([N+](=O)[O-])c(NC(C(=O)O)C2CC2)n1C. The van der Waals surface area contributed by atoms with E-state index in [0.29, 0.717) is 5.82 Å². The van der Waals surface area contributed by atoms with Crippen LogP contribution < -0.4 is 5.32 Å². The van der Waals surface area contributed by atoms with E-state index in [1.807, 2.05) is 0 Å². The molecule has 0 radical (unpaired) electrons. The lowest BCUT2D eigenvalue weighted by atomic mass is 10.2. The first-order valence-electron chi connectivity index (χ1n) is 5.59. The number of carboxylic acids is 1. The molecule has 1 fully saturated rings. The Balaban J connectivity index is 2.32. The van der Waals surface area contributed by atoms with Gasteiger partial charge in [-0.3, -0.25) is 4.57 Å². The van der Waals surface area contributed by atoms with E-state index in [4.69, 9.17) is 5.11 Å². The summed E-state index contributed by atoms with van der Waals surface area (Å²) in [6.45, 7) is 1.63. The molecule has 2 rings (SSSR count). The molecule has 1 aromatic heterocycles. The van der Waals surface area contributed by atoms with Gasteiger partial charge in [-0.2, -0.15) is 0 Å². The van der Waals surface area contributed by atoms with Gasteiger partial charge in [-0.1, -0.05) is 0 Å². The lowest BCUT2D eigenvalue weighted by Gasteiger charge is -2.14. The number of imidazole rings is 1. The van der Waals surface area contributed by atoms with Crippen LogP contribution in [0, 0.1) is 23.0 Å². The van der Waals surface area contributed by atoms with Gasteiger partial charge in [0.05, 0.1) is 0 Å². The molecule has 2 N–H and O–H groups in total. The van der Waals surface area contributed by atoms with E-state index < -0.39 is 16.9 Å². The van der Waals surface area contributed by atoms with Gasteiger partial charge in [-0.25, -0.2) is 4.79 Å². The summed E-state index contributed by atoms with van der Waals surface area (Å²) < 4.78 is 1.50. The topological polar surface area (TPSA) is 110 Å². The summed E-state index contributed by atoms with van der Waals surface area (Å²) in [5.74, 6) is -0.675. The van der Waals surface area contributed by atoms with E-state index in [0.717, 1.165) is 12.8 Å². The number of aryl methyl sites for hydroxylation is 1. The summed E-state index contributed by atoms with van der Waals surface area (Å²) in [5, 5.41) is 22.7. The Kier molecular flexibility index (Phi) is 2.93. The summed E-state index contributed by atoms with van der Waals surface area (Å²) in [6.07, 6.45) is 1.66.